The van der Waals surface area contributed by atoms with Gasteiger partial charge in [-0.1, -0.05) is 29.3 Å². The molecule has 110 valence electrons. The smallest absolute Gasteiger partial charge is 0.335 e. The summed E-state index contributed by atoms with van der Waals surface area (Å²) in [6.07, 6.45) is 0. The number of carboxylic acids is 1. The Kier molecular flexibility index (Phi) is 3.83. The summed E-state index contributed by atoms with van der Waals surface area (Å²) in [7, 11) is 0. The molecule has 3 rings (SSSR count). The van der Waals surface area contributed by atoms with Crippen LogP contribution in [0.1, 0.15) is 10.4 Å². The van der Waals surface area contributed by atoms with Crippen molar-refractivity contribution in [2.75, 3.05) is 0 Å². The van der Waals surface area contributed by atoms with E-state index in [-0.39, 0.29) is 17.3 Å². The Labute approximate surface area is 135 Å². The Morgan fingerprint density at radius 3 is 2.59 bits per heavy atom. The van der Waals surface area contributed by atoms with Gasteiger partial charge in [0.1, 0.15) is 0 Å². The number of carboxylic acid groups (broad SMARTS) is 1. The van der Waals surface area contributed by atoms with Gasteiger partial charge < -0.3 is 9.52 Å². The van der Waals surface area contributed by atoms with Gasteiger partial charge in [0.15, 0.2) is 0 Å². The number of benzene rings is 2. The van der Waals surface area contributed by atoms with Crippen molar-refractivity contribution in [2.24, 2.45) is 0 Å². The van der Waals surface area contributed by atoms with Gasteiger partial charge in [-0.3, -0.25) is 0 Å². The van der Waals surface area contributed by atoms with E-state index in [1.54, 1.807) is 30.3 Å². The molecule has 3 aromatic rings. The van der Waals surface area contributed by atoms with Crippen LogP contribution in [0, 0.1) is 0 Å². The fraction of sp³-hybridized carbons (Fsp3) is 0. The fourth-order valence-electron chi connectivity index (χ4n) is 1.90. The molecule has 0 atom stereocenters. The maximum atomic E-state index is 11.0. The van der Waals surface area contributed by atoms with Crippen molar-refractivity contribution in [3.8, 4) is 22.9 Å². The highest BCUT2D eigenvalue weighted by Crippen LogP contribution is 2.31. The van der Waals surface area contributed by atoms with Crippen LogP contribution >= 0.6 is 23.2 Å². The summed E-state index contributed by atoms with van der Waals surface area (Å²) in [5.74, 6) is -0.614. The summed E-state index contributed by atoms with van der Waals surface area (Å²) in [6, 6.07) is 11.1. The normalized spacial score (nSPS) is 10.6. The van der Waals surface area contributed by atoms with E-state index in [1.807, 2.05) is 0 Å². The number of carbonyl (C=O) groups is 1. The highest BCUT2D eigenvalue weighted by atomic mass is 35.5. The van der Waals surface area contributed by atoms with Crippen molar-refractivity contribution in [2.45, 2.75) is 0 Å². The third-order valence-corrected chi connectivity index (χ3v) is 3.50. The van der Waals surface area contributed by atoms with Gasteiger partial charge in [-0.2, -0.15) is 0 Å². The molecular formula is C15H8Cl2N2O3. The molecule has 22 heavy (non-hydrogen) atoms. The molecular weight excluding hydrogens is 327 g/mol. The van der Waals surface area contributed by atoms with Crippen LogP contribution in [0.25, 0.3) is 22.9 Å². The second-order valence-electron chi connectivity index (χ2n) is 4.42. The van der Waals surface area contributed by atoms with Crippen LogP contribution < -0.4 is 0 Å². The van der Waals surface area contributed by atoms with E-state index in [0.717, 1.165) is 0 Å². The lowest BCUT2D eigenvalue weighted by atomic mass is 10.1. The standard InChI is InChI=1S/C15H8Cl2N2O3/c16-10-4-5-12(17)11(7-10)14-19-18-13(22-14)8-2-1-3-9(6-8)15(20)21/h1-7H,(H,20,21). The minimum atomic E-state index is -1.03. The fourth-order valence-corrected chi connectivity index (χ4v) is 2.27. The van der Waals surface area contributed by atoms with Crippen LogP contribution in [0.4, 0.5) is 0 Å². The Hall–Kier alpha value is -2.37. The number of aromatic carboxylic acids is 1. The second-order valence-corrected chi connectivity index (χ2v) is 5.27. The van der Waals surface area contributed by atoms with Crippen molar-refractivity contribution in [1.82, 2.24) is 10.2 Å². The Morgan fingerprint density at radius 2 is 1.82 bits per heavy atom. The zero-order valence-electron chi connectivity index (χ0n) is 11.0. The predicted molar refractivity (Wildman–Crippen MR) is 82.1 cm³/mol. The van der Waals surface area contributed by atoms with E-state index < -0.39 is 5.97 Å². The van der Waals surface area contributed by atoms with Crippen LogP contribution in [0.2, 0.25) is 10.0 Å². The highest BCUT2D eigenvalue weighted by molar-refractivity contribution is 6.35. The molecule has 0 saturated heterocycles. The monoisotopic (exact) mass is 334 g/mol. The first-order valence-corrected chi connectivity index (χ1v) is 6.93. The van der Waals surface area contributed by atoms with Crippen molar-refractivity contribution in [3.63, 3.8) is 0 Å². The molecule has 0 fully saturated rings. The number of nitrogens with zero attached hydrogens (tertiary/aromatic N) is 2. The SMILES string of the molecule is O=C(O)c1cccc(-c2nnc(-c3cc(Cl)ccc3Cl)o2)c1. The van der Waals surface area contributed by atoms with Crippen molar-refractivity contribution in [1.29, 1.82) is 0 Å². The maximum absolute atomic E-state index is 11.0. The summed E-state index contributed by atoms with van der Waals surface area (Å²) >= 11 is 12.0. The van der Waals surface area contributed by atoms with Gasteiger partial charge in [0.25, 0.3) is 0 Å². The average Bonchev–Trinajstić information content (AvgIpc) is 2.99. The molecule has 2 aromatic carbocycles. The average molecular weight is 335 g/mol. The summed E-state index contributed by atoms with van der Waals surface area (Å²) in [6.45, 7) is 0. The van der Waals surface area contributed by atoms with Crippen LogP contribution in [0.3, 0.4) is 0 Å². The Morgan fingerprint density at radius 1 is 1.05 bits per heavy atom. The first-order valence-electron chi connectivity index (χ1n) is 6.17. The molecule has 5 nitrogen and oxygen atoms in total. The largest absolute Gasteiger partial charge is 0.478 e. The van der Waals surface area contributed by atoms with Gasteiger partial charge in [-0.25, -0.2) is 4.79 Å². The van der Waals surface area contributed by atoms with Gasteiger partial charge in [0.05, 0.1) is 16.1 Å². The van der Waals surface area contributed by atoms with E-state index in [0.29, 0.717) is 21.2 Å². The van der Waals surface area contributed by atoms with E-state index in [4.69, 9.17) is 32.7 Å². The van der Waals surface area contributed by atoms with Crippen LogP contribution in [0.15, 0.2) is 46.9 Å². The van der Waals surface area contributed by atoms with E-state index in [1.165, 1.54) is 12.1 Å². The molecule has 1 N–H and O–H groups in total. The first-order chi connectivity index (χ1) is 10.5. The van der Waals surface area contributed by atoms with Gasteiger partial charge in [0.2, 0.25) is 11.8 Å². The summed E-state index contributed by atoms with van der Waals surface area (Å²) in [5, 5.41) is 17.8. The molecule has 1 aromatic heterocycles. The van der Waals surface area contributed by atoms with Crippen molar-refractivity contribution < 1.29 is 14.3 Å². The predicted octanol–water partition coefficient (Wildman–Crippen LogP) is 4.41. The lowest BCUT2D eigenvalue weighted by Gasteiger charge is -2.00. The van der Waals surface area contributed by atoms with Gasteiger partial charge in [-0.15, -0.1) is 10.2 Å². The van der Waals surface area contributed by atoms with Crippen molar-refractivity contribution in [3.05, 3.63) is 58.1 Å². The minimum absolute atomic E-state index is 0.137. The van der Waals surface area contributed by atoms with Crippen LogP contribution in [-0.2, 0) is 0 Å². The number of hydrogen-bond donors (Lipinski definition) is 1. The van der Waals surface area contributed by atoms with Crippen molar-refractivity contribution >= 4 is 29.2 Å². The maximum Gasteiger partial charge on any atom is 0.335 e. The number of hydrogen-bond acceptors (Lipinski definition) is 4. The lowest BCUT2D eigenvalue weighted by Crippen LogP contribution is -1.95. The highest BCUT2D eigenvalue weighted by Gasteiger charge is 2.15. The zero-order valence-corrected chi connectivity index (χ0v) is 12.5. The molecule has 0 spiro atoms. The Bertz CT molecular complexity index is 861. The lowest BCUT2D eigenvalue weighted by molar-refractivity contribution is 0.0697. The minimum Gasteiger partial charge on any atom is -0.478 e. The molecule has 0 aliphatic carbocycles. The zero-order chi connectivity index (χ0) is 15.7. The third-order valence-electron chi connectivity index (χ3n) is 2.94. The molecule has 0 unspecified atom stereocenters. The number of aromatic nitrogens is 2. The molecule has 0 amide bonds. The molecule has 0 saturated carbocycles. The Balaban J connectivity index is 2.02. The van der Waals surface area contributed by atoms with E-state index in [2.05, 4.69) is 10.2 Å². The topological polar surface area (TPSA) is 76.2 Å². The second kappa shape index (κ2) is 5.79. The summed E-state index contributed by atoms with van der Waals surface area (Å²) in [5.41, 5.74) is 1.16. The van der Waals surface area contributed by atoms with Gasteiger partial charge in [-0.05, 0) is 36.4 Å². The molecule has 0 aliphatic rings. The third kappa shape index (κ3) is 2.81. The number of rotatable bonds is 3. The van der Waals surface area contributed by atoms with E-state index in [9.17, 15) is 4.79 Å². The van der Waals surface area contributed by atoms with E-state index >= 15 is 0 Å². The summed E-state index contributed by atoms with van der Waals surface area (Å²) < 4.78 is 5.57. The molecule has 0 aliphatic heterocycles. The summed E-state index contributed by atoms with van der Waals surface area (Å²) in [4.78, 5) is 11.0. The van der Waals surface area contributed by atoms with Crippen LogP contribution in [0.5, 0.6) is 0 Å². The molecule has 0 radical (unpaired) electrons. The first kappa shape index (κ1) is 14.6. The molecule has 7 heteroatoms. The van der Waals surface area contributed by atoms with Crippen LogP contribution in [-0.4, -0.2) is 21.3 Å². The molecule has 0 bridgehead atoms. The molecule has 1 heterocycles. The quantitative estimate of drug-likeness (QED) is 0.767. The number of halogens is 2. The van der Waals surface area contributed by atoms with Gasteiger partial charge >= 0.3 is 5.97 Å². The van der Waals surface area contributed by atoms with Gasteiger partial charge in [0, 0.05) is 10.6 Å².